The predicted molar refractivity (Wildman–Crippen MR) is 82.4 cm³/mol. The van der Waals surface area contributed by atoms with Crippen molar-refractivity contribution in [3.8, 4) is 5.75 Å². The van der Waals surface area contributed by atoms with Crippen LogP contribution in [0, 0.1) is 6.92 Å². The molecule has 1 amide bonds. The molecule has 0 bridgehead atoms. The van der Waals surface area contributed by atoms with E-state index in [1.54, 1.807) is 31.2 Å². The third-order valence-electron chi connectivity index (χ3n) is 2.63. The van der Waals surface area contributed by atoms with Crippen molar-refractivity contribution in [2.24, 2.45) is 5.10 Å². The van der Waals surface area contributed by atoms with Gasteiger partial charge in [-0.15, -0.1) is 0 Å². The van der Waals surface area contributed by atoms with Crippen LogP contribution in [-0.2, 0) is 4.79 Å². The Bertz CT molecular complexity index is 809. The van der Waals surface area contributed by atoms with Crippen molar-refractivity contribution in [2.45, 2.75) is 13.8 Å². The summed E-state index contributed by atoms with van der Waals surface area (Å²) in [4.78, 5) is 39.8. The number of hydrogen-bond donors (Lipinski definition) is 2. The number of H-pyrrole nitrogens is 1. The summed E-state index contributed by atoms with van der Waals surface area (Å²) in [5.41, 5.74) is 2.88. The molecule has 2 aromatic rings. The Morgan fingerprint density at radius 3 is 2.61 bits per heavy atom. The highest BCUT2D eigenvalue weighted by Crippen LogP contribution is 2.11. The van der Waals surface area contributed by atoms with Gasteiger partial charge in [0.25, 0.3) is 5.91 Å². The smallest absolute Gasteiger partial charge is 0.345 e. The quantitative estimate of drug-likeness (QED) is 0.374. The number of hydrazone groups is 1. The molecule has 1 aromatic carbocycles. The van der Waals surface area contributed by atoms with Gasteiger partial charge in [-0.2, -0.15) is 10.1 Å². The number of esters is 1. The molecule has 0 unspecified atom stereocenters. The van der Waals surface area contributed by atoms with Crippen LogP contribution in [0.4, 0.5) is 0 Å². The van der Waals surface area contributed by atoms with Crippen molar-refractivity contribution in [1.82, 2.24) is 15.4 Å². The van der Waals surface area contributed by atoms with Crippen LogP contribution < -0.4 is 15.9 Å². The number of ether oxygens (including phenoxy) is 1. The van der Waals surface area contributed by atoms with Crippen molar-refractivity contribution in [3.05, 3.63) is 57.8 Å². The summed E-state index contributed by atoms with van der Waals surface area (Å²) < 4.78 is 4.90. The number of nitrogens with one attached hydrogen (secondary N) is 2. The molecule has 2 N–H and O–H groups in total. The zero-order chi connectivity index (χ0) is 16.8. The van der Waals surface area contributed by atoms with E-state index < -0.39 is 17.6 Å². The van der Waals surface area contributed by atoms with E-state index in [0.717, 1.165) is 0 Å². The molecule has 23 heavy (non-hydrogen) atoms. The van der Waals surface area contributed by atoms with Gasteiger partial charge in [0.05, 0.1) is 6.21 Å². The normalized spacial score (nSPS) is 10.5. The van der Waals surface area contributed by atoms with Gasteiger partial charge in [0.15, 0.2) is 0 Å². The van der Waals surface area contributed by atoms with Crippen LogP contribution in [0.3, 0.4) is 0 Å². The Labute approximate surface area is 131 Å². The first-order chi connectivity index (χ1) is 10.9. The molecule has 8 heteroatoms. The van der Waals surface area contributed by atoms with E-state index in [2.05, 4.69) is 20.5 Å². The maximum Gasteiger partial charge on any atom is 0.345 e. The first kappa shape index (κ1) is 16.1. The van der Waals surface area contributed by atoms with Gasteiger partial charge in [0, 0.05) is 12.6 Å². The minimum absolute atomic E-state index is 0.0198. The van der Waals surface area contributed by atoms with Gasteiger partial charge in [0.2, 0.25) is 0 Å². The predicted octanol–water partition coefficient (Wildman–Crippen LogP) is 0.768. The number of aromatic amines is 1. The molecule has 0 saturated carbocycles. The standard InChI is InChI=1S/C15H14N4O4/c1-9-7-13(18-15(22)17-9)14(21)19-16-8-11-3-5-12(6-4-11)23-10(2)20/h3-8H,1-2H3,(H,19,21)(H,17,18,22)/b16-8+. The number of benzene rings is 1. The van der Waals surface area contributed by atoms with E-state index in [1.807, 2.05) is 0 Å². The van der Waals surface area contributed by atoms with E-state index in [-0.39, 0.29) is 5.69 Å². The molecule has 0 fully saturated rings. The van der Waals surface area contributed by atoms with Crippen LogP contribution in [0.5, 0.6) is 5.75 Å². The second-order valence-corrected chi connectivity index (χ2v) is 4.62. The highest BCUT2D eigenvalue weighted by Gasteiger charge is 2.07. The van der Waals surface area contributed by atoms with Crippen LogP contribution >= 0.6 is 0 Å². The maximum atomic E-state index is 11.8. The average molecular weight is 314 g/mol. The molecule has 8 nitrogen and oxygen atoms in total. The van der Waals surface area contributed by atoms with E-state index in [9.17, 15) is 14.4 Å². The van der Waals surface area contributed by atoms with Gasteiger partial charge < -0.3 is 9.72 Å². The third kappa shape index (κ3) is 4.88. The Kier molecular flexibility index (Phi) is 4.98. The van der Waals surface area contributed by atoms with Crippen LogP contribution in [-0.4, -0.2) is 28.1 Å². The summed E-state index contributed by atoms with van der Waals surface area (Å²) >= 11 is 0. The number of hydrogen-bond acceptors (Lipinski definition) is 6. The molecule has 0 aliphatic carbocycles. The van der Waals surface area contributed by atoms with Crippen LogP contribution in [0.15, 0.2) is 40.2 Å². The lowest BCUT2D eigenvalue weighted by atomic mass is 10.2. The van der Waals surface area contributed by atoms with E-state index in [0.29, 0.717) is 17.0 Å². The second kappa shape index (κ2) is 7.12. The summed E-state index contributed by atoms with van der Waals surface area (Å²) in [7, 11) is 0. The Morgan fingerprint density at radius 1 is 1.30 bits per heavy atom. The lowest BCUT2D eigenvalue weighted by Crippen LogP contribution is -2.24. The van der Waals surface area contributed by atoms with E-state index in [1.165, 1.54) is 19.2 Å². The fourth-order valence-corrected chi connectivity index (χ4v) is 1.71. The molecule has 1 heterocycles. The number of rotatable bonds is 4. The molecular weight excluding hydrogens is 300 g/mol. The lowest BCUT2D eigenvalue weighted by molar-refractivity contribution is -0.131. The highest BCUT2D eigenvalue weighted by molar-refractivity contribution is 5.93. The van der Waals surface area contributed by atoms with Gasteiger partial charge in [-0.1, -0.05) is 0 Å². The van der Waals surface area contributed by atoms with Gasteiger partial charge in [0.1, 0.15) is 11.4 Å². The number of carbonyl (C=O) groups is 2. The first-order valence-electron chi connectivity index (χ1n) is 6.64. The third-order valence-corrected chi connectivity index (χ3v) is 2.63. The molecule has 0 atom stereocenters. The summed E-state index contributed by atoms with van der Waals surface area (Å²) in [6, 6.07) is 7.99. The second-order valence-electron chi connectivity index (χ2n) is 4.62. The topological polar surface area (TPSA) is 114 Å². The number of amides is 1. The number of aryl methyl sites for hydroxylation is 1. The van der Waals surface area contributed by atoms with Gasteiger partial charge in [-0.3, -0.25) is 9.59 Å². The molecule has 2 rings (SSSR count). The zero-order valence-corrected chi connectivity index (χ0v) is 12.5. The largest absolute Gasteiger partial charge is 0.427 e. The van der Waals surface area contributed by atoms with E-state index >= 15 is 0 Å². The Morgan fingerprint density at radius 2 is 2.00 bits per heavy atom. The minimum atomic E-state index is -0.597. The molecular formula is C15H14N4O4. The van der Waals surface area contributed by atoms with E-state index in [4.69, 9.17) is 4.74 Å². The van der Waals surface area contributed by atoms with Crippen LogP contribution in [0.2, 0.25) is 0 Å². The molecule has 0 saturated heterocycles. The zero-order valence-electron chi connectivity index (χ0n) is 12.5. The average Bonchev–Trinajstić information content (AvgIpc) is 2.47. The first-order valence-corrected chi connectivity index (χ1v) is 6.64. The molecule has 1 aromatic heterocycles. The van der Waals surface area contributed by atoms with Gasteiger partial charge >= 0.3 is 11.7 Å². The molecule has 0 aliphatic heterocycles. The molecule has 0 radical (unpaired) electrons. The maximum absolute atomic E-state index is 11.8. The SMILES string of the molecule is CC(=O)Oc1ccc(/C=N/NC(=O)c2cc(C)[nH]c(=O)n2)cc1. The van der Waals surface area contributed by atoms with Crippen LogP contribution in [0.25, 0.3) is 0 Å². The van der Waals surface area contributed by atoms with Crippen molar-refractivity contribution in [2.75, 3.05) is 0 Å². The van der Waals surface area contributed by atoms with Gasteiger partial charge in [-0.05, 0) is 42.8 Å². The fraction of sp³-hybridized carbons (Fsp3) is 0.133. The minimum Gasteiger partial charge on any atom is -0.427 e. The number of aromatic nitrogens is 2. The van der Waals surface area contributed by atoms with Crippen molar-refractivity contribution < 1.29 is 14.3 Å². The van der Waals surface area contributed by atoms with Crippen molar-refractivity contribution in [1.29, 1.82) is 0 Å². The monoisotopic (exact) mass is 314 g/mol. The molecule has 118 valence electrons. The lowest BCUT2D eigenvalue weighted by Gasteiger charge is -2.01. The molecule has 0 aliphatic rings. The number of nitrogens with zero attached hydrogens (tertiary/aromatic N) is 2. The molecule has 0 spiro atoms. The van der Waals surface area contributed by atoms with Crippen molar-refractivity contribution >= 4 is 18.1 Å². The number of carbonyl (C=O) groups excluding carboxylic acids is 2. The van der Waals surface area contributed by atoms with Crippen molar-refractivity contribution in [3.63, 3.8) is 0 Å². The summed E-state index contributed by atoms with van der Waals surface area (Å²) in [5.74, 6) is -0.576. The highest BCUT2D eigenvalue weighted by atomic mass is 16.5. The van der Waals surface area contributed by atoms with Gasteiger partial charge in [-0.25, -0.2) is 10.2 Å². The summed E-state index contributed by atoms with van der Waals surface area (Å²) in [6.07, 6.45) is 1.41. The Hall–Kier alpha value is -3.29. The fourth-order valence-electron chi connectivity index (χ4n) is 1.71. The van der Waals surface area contributed by atoms with Crippen LogP contribution in [0.1, 0.15) is 28.7 Å². The Balaban J connectivity index is 1.99. The summed E-state index contributed by atoms with van der Waals surface area (Å²) in [5, 5.41) is 3.78. The summed E-state index contributed by atoms with van der Waals surface area (Å²) in [6.45, 7) is 2.96.